The van der Waals surface area contributed by atoms with Gasteiger partial charge in [-0.25, -0.2) is 11.1 Å². The third kappa shape index (κ3) is 4.56. The molecule has 0 nitrogen and oxygen atoms in total. The number of allylic oxidation sites excluding steroid dienone is 8. The van der Waals surface area contributed by atoms with Gasteiger partial charge in [0.2, 0.25) is 0 Å². The van der Waals surface area contributed by atoms with E-state index in [2.05, 4.69) is 81.4 Å². The Bertz CT molecular complexity index is 490. The first-order chi connectivity index (χ1) is 8.90. The van der Waals surface area contributed by atoms with Crippen molar-refractivity contribution >= 4 is 0 Å². The average Bonchev–Trinajstić information content (AvgIpc) is 2.60. The Morgan fingerprint density at radius 1 is 0.619 bits per heavy atom. The van der Waals surface area contributed by atoms with Crippen LogP contribution < -0.4 is 0 Å². The van der Waals surface area contributed by atoms with Crippen molar-refractivity contribution in [2.45, 2.75) is 69.2 Å². The molecule has 0 spiro atoms. The van der Waals surface area contributed by atoms with E-state index in [-0.39, 0.29) is 47.9 Å². The Balaban J connectivity index is 0. The van der Waals surface area contributed by atoms with E-state index in [1.807, 2.05) is 0 Å². The standard InChI is InChI=1S/2C10H15.La.H/c2*1-7-6-10(4,5)9(3)8(7)2;;/h2*1-5H3;;/q2*-1;+3;-1. The third-order valence-electron chi connectivity index (χ3n) is 5.12. The van der Waals surface area contributed by atoms with E-state index in [1.165, 1.54) is 33.4 Å². The fraction of sp³-hybridized carbons (Fsp3) is 0.600. The third-order valence-corrected chi connectivity index (χ3v) is 5.12. The van der Waals surface area contributed by atoms with Crippen molar-refractivity contribution in [2.75, 3.05) is 0 Å². The maximum absolute atomic E-state index is 3.44. The van der Waals surface area contributed by atoms with Crippen molar-refractivity contribution in [1.29, 1.82) is 0 Å². The zero-order valence-corrected chi connectivity index (χ0v) is 19.2. The van der Waals surface area contributed by atoms with Gasteiger partial charge in [0.05, 0.1) is 0 Å². The molecular weight excluding hydrogens is 379 g/mol. The van der Waals surface area contributed by atoms with Gasteiger partial charge >= 0.3 is 35.6 Å². The van der Waals surface area contributed by atoms with Gasteiger partial charge in [-0.2, -0.15) is 22.3 Å². The first kappa shape index (κ1) is 21.2. The Kier molecular flexibility index (Phi) is 7.20. The summed E-state index contributed by atoms with van der Waals surface area (Å²) in [6.07, 6.45) is 6.87. The fourth-order valence-corrected chi connectivity index (χ4v) is 2.81. The summed E-state index contributed by atoms with van der Waals surface area (Å²) in [4.78, 5) is 0. The first-order valence-corrected chi connectivity index (χ1v) is 7.50. The van der Waals surface area contributed by atoms with Crippen LogP contribution in [0.5, 0.6) is 0 Å². The fourth-order valence-electron chi connectivity index (χ4n) is 2.81. The molecule has 0 saturated heterocycles. The van der Waals surface area contributed by atoms with Crippen LogP contribution in [0.3, 0.4) is 0 Å². The van der Waals surface area contributed by atoms with E-state index in [0.29, 0.717) is 0 Å². The molecule has 0 aromatic carbocycles. The molecular formula is C20H31La. The van der Waals surface area contributed by atoms with Gasteiger partial charge in [0.1, 0.15) is 0 Å². The van der Waals surface area contributed by atoms with Gasteiger partial charge in [0, 0.05) is 0 Å². The zero-order valence-electron chi connectivity index (χ0n) is 16.6. The second-order valence-corrected chi connectivity index (χ2v) is 7.25. The topological polar surface area (TPSA) is 0 Å². The molecule has 0 bridgehead atoms. The predicted octanol–water partition coefficient (Wildman–Crippen LogP) is 6.34. The number of rotatable bonds is 0. The maximum atomic E-state index is 3.44. The van der Waals surface area contributed by atoms with Crippen molar-refractivity contribution in [1.82, 2.24) is 0 Å². The van der Waals surface area contributed by atoms with Gasteiger partial charge in [-0.15, -0.1) is 13.8 Å². The molecule has 0 saturated carbocycles. The van der Waals surface area contributed by atoms with Crippen molar-refractivity contribution in [3.8, 4) is 0 Å². The number of hydrogen-bond donors (Lipinski definition) is 0. The molecule has 0 amide bonds. The van der Waals surface area contributed by atoms with E-state index in [1.54, 1.807) is 0 Å². The molecule has 0 aromatic heterocycles. The van der Waals surface area contributed by atoms with Crippen LogP contribution in [0.15, 0.2) is 33.4 Å². The van der Waals surface area contributed by atoms with Gasteiger partial charge in [0.25, 0.3) is 0 Å². The molecule has 0 N–H and O–H groups in total. The molecule has 2 rings (SSSR count). The quantitative estimate of drug-likeness (QED) is 0.409. The average molecular weight is 410 g/mol. The summed E-state index contributed by atoms with van der Waals surface area (Å²) < 4.78 is 0. The SMILES string of the molecule is CC1=[C-]C(C)(C)C(C)=C1C.CC1=[C-]C(C)(C)C(C)=C1C.[H-].[La+3]. The van der Waals surface area contributed by atoms with Crippen LogP contribution >= 0.6 is 0 Å². The van der Waals surface area contributed by atoms with Crippen molar-refractivity contribution < 1.29 is 37.0 Å². The molecule has 0 radical (unpaired) electrons. The largest absolute Gasteiger partial charge is 3.00 e. The molecule has 0 atom stereocenters. The molecule has 0 aromatic rings. The van der Waals surface area contributed by atoms with Gasteiger partial charge < -0.3 is 1.43 Å². The Labute approximate surface area is 161 Å². The van der Waals surface area contributed by atoms with Crippen LogP contribution in [0.25, 0.3) is 0 Å². The summed E-state index contributed by atoms with van der Waals surface area (Å²) in [6.45, 7) is 21.8. The van der Waals surface area contributed by atoms with E-state index in [4.69, 9.17) is 0 Å². The van der Waals surface area contributed by atoms with E-state index >= 15 is 0 Å². The summed E-state index contributed by atoms with van der Waals surface area (Å²) >= 11 is 0. The van der Waals surface area contributed by atoms with Crippen LogP contribution in [0.4, 0.5) is 0 Å². The normalized spacial score (nSPS) is 22.4. The van der Waals surface area contributed by atoms with E-state index in [0.717, 1.165) is 0 Å². The minimum Gasteiger partial charge on any atom is -1.00 e. The smallest absolute Gasteiger partial charge is 1.00 e. The molecule has 114 valence electrons. The second kappa shape index (κ2) is 7.15. The summed E-state index contributed by atoms with van der Waals surface area (Å²) in [5.74, 6) is 0. The molecule has 2 aliphatic carbocycles. The van der Waals surface area contributed by atoms with Gasteiger partial charge in [-0.1, -0.05) is 66.2 Å². The second-order valence-electron chi connectivity index (χ2n) is 7.25. The summed E-state index contributed by atoms with van der Waals surface area (Å²) in [5.41, 5.74) is 8.79. The van der Waals surface area contributed by atoms with Crippen molar-refractivity contribution in [3.63, 3.8) is 0 Å². The Hall–Kier alpha value is 0.155. The van der Waals surface area contributed by atoms with Gasteiger partial charge in [-0.3, -0.25) is 12.2 Å². The zero-order chi connectivity index (χ0) is 15.9. The monoisotopic (exact) mass is 410 g/mol. The van der Waals surface area contributed by atoms with Crippen LogP contribution in [0.2, 0.25) is 0 Å². The van der Waals surface area contributed by atoms with Crippen LogP contribution in [0, 0.1) is 58.6 Å². The molecule has 1 heteroatoms. The summed E-state index contributed by atoms with van der Waals surface area (Å²) in [5, 5.41) is 0. The Morgan fingerprint density at radius 2 is 0.857 bits per heavy atom. The predicted molar refractivity (Wildman–Crippen MR) is 90.3 cm³/mol. The minimum atomic E-state index is 0. The summed E-state index contributed by atoms with van der Waals surface area (Å²) in [6, 6.07) is 0. The van der Waals surface area contributed by atoms with Crippen molar-refractivity contribution in [3.05, 3.63) is 45.6 Å². The molecule has 21 heavy (non-hydrogen) atoms. The molecule has 0 aliphatic heterocycles. The first-order valence-electron chi connectivity index (χ1n) is 7.50. The van der Waals surface area contributed by atoms with Gasteiger partial charge in [-0.05, 0) is 0 Å². The summed E-state index contributed by atoms with van der Waals surface area (Å²) in [7, 11) is 0. The van der Waals surface area contributed by atoms with Crippen molar-refractivity contribution in [2.24, 2.45) is 10.8 Å². The molecule has 0 fully saturated rings. The number of hydrogen-bond acceptors (Lipinski definition) is 0. The maximum Gasteiger partial charge on any atom is 3.00 e. The minimum absolute atomic E-state index is 0. The Morgan fingerprint density at radius 3 is 0.905 bits per heavy atom. The van der Waals surface area contributed by atoms with E-state index < -0.39 is 0 Å². The molecule has 0 unspecified atom stereocenters. The molecule has 0 heterocycles. The van der Waals surface area contributed by atoms with Crippen LogP contribution in [-0.2, 0) is 0 Å². The molecule has 2 aliphatic rings. The van der Waals surface area contributed by atoms with E-state index in [9.17, 15) is 0 Å². The van der Waals surface area contributed by atoms with Gasteiger partial charge in [0.15, 0.2) is 0 Å². The van der Waals surface area contributed by atoms with Crippen LogP contribution in [-0.4, -0.2) is 0 Å². The van der Waals surface area contributed by atoms with Crippen LogP contribution in [0.1, 0.15) is 70.7 Å².